The first-order valence-corrected chi connectivity index (χ1v) is 7.13. The van der Waals surface area contributed by atoms with Crippen LogP contribution in [0.2, 0.25) is 0 Å². The molecular weight excluding hydrogens is 226 g/mol. The van der Waals surface area contributed by atoms with Gasteiger partial charge in [0.15, 0.2) is 0 Å². The van der Waals surface area contributed by atoms with E-state index in [4.69, 9.17) is 0 Å². The highest BCUT2D eigenvalue weighted by Gasteiger charge is 2.28. The molecule has 1 amide bonds. The van der Waals surface area contributed by atoms with Crippen LogP contribution in [0.3, 0.4) is 0 Å². The lowest BCUT2D eigenvalue weighted by molar-refractivity contribution is -0.121. The van der Waals surface area contributed by atoms with Crippen LogP contribution in [0.15, 0.2) is 0 Å². The molecule has 1 rings (SSSR count). The molecule has 106 valence electrons. The van der Waals surface area contributed by atoms with Crippen LogP contribution in [0.5, 0.6) is 0 Å². The molecule has 1 fully saturated rings. The minimum absolute atomic E-state index is 0.0949. The topological polar surface area (TPSA) is 44.4 Å². The molecule has 0 aromatic heterocycles. The summed E-state index contributed by atoms with van der Waals surface area (Å²) in [5.74, 6) is 0.575. The first kappa shape index (κ1) is 15.4. The van der Waals surface area contributed by atoms with Crippen molar-refractivity contribution < 1.29 is 4.79 Å². The van der Waals surface area contributed by atoms with Crippen LogP contribution >= 0.6 is 0 Å². The third-order valence-corrected chi connectivity index (χ3v) is 3.93. The van der Waals surface area contributed by atoms with E-state index in [0.29, 0.717) is 18.5 Å². The van der Waals surface area contributed by atoms with Gasteiger partial charge in [0, 0.05) is 24.7 Å². The highest BCUT2D eigenvalue weighted by atomic mass is 16.1. The van der Waals surface area contributed by atoms with Gasteiger partial charge in [-0.1, -0.05) is 13.8 Å². The molecule has 0 saturated heterocycles. The van der Waals surface area contributed by atoms with Crippen molar-refractivity contribution >= 4 is 5.91 Å². The van der Waals surface area contributed by atoms with E-state index in [1.165, 1.54) is 12.8 Å². The van der Waals surface area contributed by atoms with Gasteiger partial charge >= 0.3 is 0 Å². The summed E-state index contributed by atoms with van der Waals surface area (Å²) in [4.78, 5) is 14.1. The second-order valence-electron chi connectivity index (χ2n) is 5.98. The molecular formula is C14H29N3O. The molecule has 2 unspecified atom stereocenters. The van der Waals surface area contributed by atoms with E-state index >= 15 is 0 Å². The molecule has 1 aliphatic carbocycles. The predicted octanol–water partition coefficient (Wildman–Crippen LogP) is 1.22. The van der Waals surface area contributed by atoms with E-state index in [9.17, 15) is 4.79 Å². The minimum atomic E-state index is 0.0949. The minimum Gasteiger partial charge on any atom is -0.352 e. The van der Waals surface area contributed by atoms with Gasteiger partial charge in [-0.15, -0.1) is 0 Å². The van der Waals surface area contributed by atoms with E-state index in [1.807, 2.05) is 6.92 Å². The number of hydrogen-bond donors (Lipinski definition) is 2. The fraction of sp³-hybridized carbons (Fsp3) is 0.929. The summed E-state index contributed by atoms with van der Waals surface area (Å²) in [6, 6.07) is 1.51. The Morgan fingerprint density at radius 1 is 1.28 bits per heavy atom. The van der Waals surface area contributed by atoms with Crippen LogP contribution in [0.25, 0.3) is 0 Å². The van der Waals surface area contributed by atoms with Crippen LogP contribution in [0, 0.1) is 5.92 Å². The Balaban J connectivity index is 2.11. The molecule has 1 aliphatic rings. The summed E-state index contributed by atoms with van der Waals surface area (Å²) < 4.78 is 0. The third kappa shape index (κ3) is 5.36. The maximum atomic E-state index is 11.7. The van der Waals surface area contributed by atoms with Gasteiger partial charge in [0.25, 0.3) is 0 Å². The van der Waals surface area contributed by atoms with Crippen LogP contribution in [0.4, 0.5) is 0 Å². The molecule has 18 heavy (non-hydrogen) atoms. The average molecular weight is 255 g/mol. The van der Waals surface area contributed by atoms with Crippen molar-refractivity contribution in [1.82, 2.24) is 15.5 Å². The molecule has 0 spiro atoms. The van der Waals surface area contributed by atoms with Crippen LogP contribution in [-0.4, -0.2) is 49.1 Å². The Morgan fingerprint density at radius 3 is 2.39 bits per heavy atom. The second-order valence-corrected chi connectivity index (χ2v) is 5.98. The SMILES string of the molecule is CC(C)C(C)NC(=O)CNCC(C)N(C)C1CC1. The molecule has 2 atom stereocenters. The number of amides is 1. The fourth-order valence-electron chi connectivity index (χ4n) is 1.85. The van der Waals surface area contributed by atoms with Gasteiger partial charge < -0.3 is 10.6 Å². The van der Waals surface area contributed by atoms with Crippen molar-refractivity contribution in [1.29, 1.82) is 0 Å². The van der Waals surface area contributed by atoms with Crippen molar-refractivity contribution in [2.24, 2.45) is 5.92 Å². The summed E-state index contributed by atoms with van der Waals surface area (Å²) in [5, 5.41) is 6.24. The van der Waals surface area contributed by atoms with Gasteiger partial charge in [0.05, 0.1) is 6.54 Å². The number of carbonyl (C=O) groups excluding carboxylic acids is 1. The standard InChI is InChI=1S/C14H29N3O/c1-10(2)12(4)16-14(18)9-15-8-11(3)17(5)13-6-7-13/h10-13,15H,6-9H2,1-5H3,(H,16,18). The summed E-state index contributed by atoms with van der Waals surface area (Å²) in [6.07, 6.45) is 2.65. The van der Waals surface area contributed by atoms with Crippen LogP contribution < -0.4 is 10.6 Å². The number of rotatable bonds is 8. The highest BCUT2D eigenvalue weighted by Crippen LogP contribution is 2.26. The Kier molecular flexibility index (Phi) is 6.09. The smallest absolute Gasteiger partial charge is 0.234 e. The number of likely N-dealkylation sites (N-methyl/N-ethyl adjacent to an activating group) is 1. The van der Waals surface area contributed by atoms with E-state index < -0.39 is 0 Å². The largest absolute Gasteiger partial charge is 0.352 e. The van der Waals surface area contributed by atoms with Gasteiger partial charge in [-0.05, 0) is 39.7 Å². The van der Waals surface area contributed by atoms with E-state index in [-0.39, 0.29) is 11.9 Å². The van der Waals surface area contributed by atoms with Crippen LogP contribution in [0.1, 0.15) is 40.5 Å². The second kappa shape index (κ2) is 7.10. The lowest BCUT2D eigenvalue weighted by atomic mass is 10.1. The Hall–Kier alpha value is -0.610. The summed E-state index contributed by atoms with van der Waals surface area (Å²) in [6.45, 7) is 9.78. The molecule has 0 radical (unpaired) electrons. The van der Waals surface area contributed by atoms with Crippen molar-refractivity contribution in [3.8, 4) is 0 Å². The van der Waals surface area contributed by atoms with Crippen molar-refractivity contribution in [3.63, 3.8) is 0 Å². The molecule has 1 saturated carbocycles. The number of carbonyl (C=O) groups is 1. The predicted molar refractivity (Wildman–Crippen MR) is 75.6 cm³/mol. The van der Waals surface area contributed by atoms with Gasteiger partial charge in [-0.2, -0.15) is 0 Å². The summed E-state index contributed by atoms with van der Waals surface area (Å²) in [7, 11) is 2.17. The molecule has 0 aromatic carbocycles. The molecule has 4 heteroatoms. The van der Waals surface area contributed by atoms with E-state index in [1.54, 1.807) is 0 Å². The maximum Gasteiger partial charge on any atom is 0.234 e. The van der Waals surface area contributed by atoms with Gasteiger partial charge in [-0.3, -0.25) is 9.69 Å². The van der Waals surface area contributed by atoms with Crippen LogP contribution in [-0.2, 0) is 4.79 Å². The number of hydrogen-bond acceptors (Lipinski definition) is 3. The molecule has 0 heterocycles. The zero-order valence-corrected chi connectivity index (χ0v) is 12.5. The first-order chi connectivity index (χ1) is 8.41. The molecule has 0 aromatic rings. The molecule has 0 aliphatic heterocycles. The van der Waals surface area contributed by atoms with Gasteiger partial charge in [0.1, 0.15) is 0 Å². The summed E-state index contributed by atoms with van der Waals surface area (Å²) >= 11 is 0. The Morgan fingerprint density at radius 2 is 1.89 bits per heavy atom. The van der Waals surface area contributed by atoms with E-state index in [2.05, 4.69) is 43.4 Å². The molecule has 0 bridgehead atoms. The quantitative estimate of drug-likeness (QED) is 0.685. The van der Waals surface area contributed by atoms with E-state index in [0.717, 1.165) is 12.6 Å². The maximum absolute atomic E-state index is 11.7. The lowest BCUT2D eigenvalue weighted by Crippen LogP contribution is -2.45. The molecule has 2 N–H and O–H groups in total. The normalized spacial score (nSPS) is 19.1. The zero-order valence-electron chi connectivity index (χ0n) is 12.5. The van der Waals surface area contributed by atoms with Crippen molar-refractivity contribution in [2.45, 2.75) is 58.7 Å². The van der Waals surface area contributed by atoms with Gasteiger partial charge in [0.2, 0.25) is 5.91 Å². The number of nitrogens with one attached hydrogen (secondary N) is 2. The molecule has 4 nitrogen and oxygen atoms in total. The van der Waals surface area contributed by atoms with Crippen molar-refractivity contribution in [3.05, 3.63) is 0 Å². The Bertz CT molecular complexity index is 264. The fourth-order valence-corrected chi connectivity index (χ4v) is 1.85. The highest BCUT2D eigenvalue weighted by molar-refractivity contribution is 5.78. The van der Waals surface area contributed by atoms with Crippen molar-refractivity contribution in [2.75, 3.05) is 20.1 Å². The monoisotopic (exact) mass is 255 g/mol. The lowest BCUT2D eigenvalue weighted by Gasteiger charge is -2.25. The number of nitrogens with zero attached hydrogens (tertiary/aromatic N) is 1. The first-order valence-electron chi connectivity index (χ1n) is 7.13. The van der Waals surface area contributed by atoms with Gasteiger partial charge in [-0.25, -0.2) is 0 Å². The third-order valence-electron chi connectivity index (χ3n) is 3.93. The summed E-state index contributed by atoms with van der Waals surface area (Å²) in [5.41, 5.74) is 0. The average Bonchev–Trinajstić information content (AvgIpc) is 3.11. The zero-order chi connectivity index (χ0) is 13.7. The Labute approximate surface area is 111 Å².